The molecule has 1 heterocycles. The summed E-state index contributed by atoms with van der Waals surface area (Å²) in [5, 5.41) is 0.633. The van der Waals surface area contributed by atoms with Gasteiger partial charge in [-0.2, -0.15) is 0 Å². The summed E-state index contributed by atoms with van der Waals surface area (Å²) in [7, 11) is 0. The van der Waals surface area contributed by atoms with Crippen LogP contribution < -0.4 is 4.90 Å². The Balaban J connectivity index is 2.10. The molecule has 1 aliphatic rings. The van der Waals surface area contributed by atoms with Crippen molar-refractivity contribution in [2.75, 3.05) is 4.90 Å². The van der Waals surface area contributed by atoms with Crippen LogP contribution in [0.15, 0.2) is 65.3 Å². The fourth-order valence-electron chi connectivity index (χ4n) is 3.27. The molecule has 0 aliphatic carbocycles. The predicted octanol–water partition coefficient (Wildman–Crippen LogP) is 5.20. The van der Waals surface area contributed by atoms with E-state index >= 15 is 0 Å². The third-order valence-corrected chi connectivity index (χ3v) is 4.63. The van der Waals surface area contributed by atoms with Crippen LogP contribution in [0.3, 0.4) is 0 Å². The van der Waals surface area contributed by atoms with Gasteiger partial charge >= 0.3 is 0 Å². The monoisotopic (exact) mass is 381 g/mol. The summed E-state index contributed by atoms with van der Waals surface area (Å²) < 4.78 is 0. The highest BCUT2D eigenvalue weighted by Gasteiger charge is 2.36. The highest BCUT2D eigenvalue weighted by Crippen LogP contribution is 2.29. The van der Waals surface area contributed by atoms with E-state index in [4.69, 9.17) is 16.6 Å². The summed E-state index contributed by atoms with van der Waals surface area (Å²) in [5.74, 6) is 0.511. The number of halogens is 1. The Bertz CT molecular complexity index is 862. The number of guanidine groups is 1. The molecule has 5 heteroatoms. The molecule has 3 rings (SSSR count). The lowest BCUT2D eigenvalue weighted by molar-refractivity contribution is -0.113. The van der Waals surface area contributed by atoms with Crippen molar-refractivity contribution in [3.8, 4) is 0 Å². The lowest BCUT2D eigenvalue weighted by atomic mass is 10.2. The molecule has 1 aliphatic heterocycles. The summed E-state index contributed by atoms with van der Waals surface area (Å²) >= 11 is 6.04. The number of carbonyl (C=O) groups is 1. The summed E-state index contributed by atoms with van der Waals surface area (Å²) in [6.07, 6.45) is 1.83. The number of carbonyl (C=O) groups excluding carboxylic acids is 1. The molecule has 0 N–H and O–H groups in total. The minimum atomic E-state index is -0.137. The Kier molecular flexibility index (Phi) is 5.66. The van der Waals surface area contributed by atoms with Crippen LogP contribution in [-0.4, -0.2) is 28.9 Å². The number of rotatable bonds is 4. The fourth-order valence-corrected chi connectivity index (χ4v) is 3.39. The van der Waals surface area contributed by atoms with Crippen molar-refractivity contribution < 1.29 is 4.79 Å². The van der Waals surface area contributed by atoms with Gasteiger partial charge in [-0.15, -0.1) is 0 Å². The molecule has 2 aromatic carbocycles. The molecule has 140 valence electrons. The van der Waals surface area contributed by atoms with Crippen molar-refractivity contribution in [3.05, 3.63) is 70.9 Å². The standard InChI is InChI=1S/C22H24ClN3O/c1-15(2)25(16(3)4)22-24-20(14-17-8-6-5-7-9-17)21(27)26(22)19-12-10-18(23)11-13-19/h5-16H,1-4H3/b20-14+. The van der Waals surface area contributed by atoms with E-state index in [9.17, 15) is 4.79 Å². The molecule has 0 bridgehead atoms. The highest BCUT2D eigenvalue weighted by molar-refractivity contribution is 6.31. The zero-order chi connectivity index (χ0) is 19.6. The van der Waals surface area contributed by atoms with Crippen molar-refractivity contribution >= 4 is 35.2 Å². The Labute approximate surface area is 165 Å². The lowest BCUT2D eigenvalue weighted by Gasteiger charge is -2.35. The van der Waals surface area contributed by atoms with Gasteiger partial charge in [-0.25, -0.2) is 9.89 Å². The molecule has 0 aromatic heterocycles. The fraction of sp³-hybridized carbons (Fsp3) is 0.273. The van der Waals surface area contributed by atoms with Crippen LogP contribution in [0.25, 0.3) is 6.08 Å². The Hall–Kier alpha value is -2.59. The Morgan fingerprint density at radius 3 is 2.11 bits per heavy atom. The van der Waals surface area contributed by atoms with Crippen molar-refractivity contribution in [2.24, 2.45) is 4.99 Å². The smallest absolute Gasteiger partial charge is 0.283 e. The van der Waals surface area contributed by atoms with Gasteiger partial charge in [0.05, 0.1) is 5.69 Å². The number of benzene rings is 2. The number of amides is 1. The topological polar surface area (TPSA) is 35.9 Å². The highest BCUT2D eigenvalue weighted by atomic mass is 35.5. The second-order valence-electron chi connectivity index (χ2n) is 7.06. The van der Waals surface area contributed by atoms with Crippen LogP contribution in [0.5, 0.6) is 0 Å². The van der Waals surface area contributed by atoms with Gasteiger partial charge in [0.25, 0.3) is 5.91 Å². The van der Waals surface area contributed by atoms with Crippen LogP contribution in [-0.2, 0) is 4.79 Å². The van der Waals surface area contributed by atoms with E-state index in [-0.39, 0.29) is 18.0 Å². The molecule has 0 radical (unpaired) electrons. The number of anilines is 1. The lowest BCUT2D eigenvalue weighted by Crippen LogP contribution is -2.50. The molecule has 0 spiro atoms. The summed E-state index contributed by atoms with van der Waals surface area (Å²) in [6, 6.07) is 17.4. The molecule has 1 amide bonds. The minimum Gasteiger partial charge on any atom is -0.337 e. The molecular formula is C22H24ClN3O. The maximum atomic E-state index is 13.2. The molecule has 0 unspecified atom stereocenters. The van der Waals surface area contributed by atoms with E-state index in [1.807, 2.05) is 48.5 Å². The largest absolute Gasteiger partial charge is 0.337 e. The van der Waals surface area contributed by atoms with Gasteiger partial charge in [-0.3, -0.25) is 4.79 Å². The van der Waals surface area contributed by atoms with Gasteiger partial charge < -0.3 is 4.90 Å². The van der Waals surface area contributed by atoms with Gasteiger partial charge in [0, 0.05) is 17.1 Å². The SMILES string of the molecule is CC(C)N(C1=N/C(=C/c2ccccc2)C(=O)N1c1ccc(Cl)cc1)C(C)C. The third kappa shape index (κ3) is 4.06. The van der Waals surface area contributed by atoms with E-state index in [2.05, 4.69) is 32.6 Å². The summed E-state index contributed by atoms with van der Waals surface area (Å²) in [6.45, 7) is 8.41. The Morgan fingerprint density at radius 2 is 1.56 bits per heavy atom. The summed E-state index contributed by atoms with van der Waals surface area (Å²) in [4.78, 5) is 21.8. The van der Waals surface area contributed by atoms with Crippen molar-refractivity contribution in [1.29, 1.82) is 0 Å². The van der Waals surface area contributed by atoms with E-state index in [1.165, 1.54) is 0 Å². The minimum absolute atomic E-state index is 0.137. The first-order valence-corrected chi connectivity index (χ1v) is 9.50. The molecule has 0 atom stereocenters. The Morgan fingerprint density at radius 1 is 0.963 bits per heavy atom. The predicted molar refractivity (Wildman–Crippen MR) is 113 cm³/mol. The van der Waals surface area contributed by atoms with Gasteiger partial charge in [-0.1, -0.05) is 41.9 Å². The summed E-state index contributed by atoms with van der Waals surface area (Å²) in [5.41, 5.74) is 2.13. The van der Waals surface area contributed by atoms with E-state index < -0.39 is 0 Å². The molecule has 2 aromatic rings. The first kappa shape index (κ1) is 19.2. The molecule has 0 fully saturated rings. The molecule has 27 heavy (non-hydrogen) atoms. The number of aliphatic imine (C=N–C) groups is 1. The zero-order valence-electron chi connectivity index (χ0n) is 16.1. The number of hydrogen-bond donors (Lipinski definition) is 0. The van der Waals surface area contributed by atoms with Gasteiger partial charge in [-0.05, 0) is 63.6 Å². The first-order chi connectivity index (χ1) is 12.9. The first-order valence-electron chi connectivity index (χ1n) is 9.12. The van der Waals surface area contributed by atoms with Crippen LogP contribution in [0.4, 0.5) is 5.69 Å². The van der Waals surface area contributed by atoms with E-state index in [1.54, 1.807) is 17.0 Å². The molecular weight excluding hydrogens is 358 g/mol. The zero-order valence-corrected chi connectivity index (χ0v) is 16.8. The van der Waals surface area contributed by atoms with Gasteiger partial charge in [0.2, 0.25) is 5.96 Å². The van der Waals surface area contributed by atoms with Crippen LogP contribution in [0, 0.1) is 0 Å². The maximum absolute atomic E-state index is 13.2. The maximum Gasteiger partial charge on any atom is 0.283 e. The molecule has 0 saturated carbocycles. The van der Waals surface area contributed by atoms with E-state index in [0.717, 1.165) is 11.3 Å². The second-order valence-corrected chi connectivity index (χ2v) is 7.50. The van der Waals surface area contributed by atoms with Crippen LogP contribution in [0.1, 0.15) is 33.3 Å². The van der Waals surface area contributed by atoms with Gasteiger partial charge in [0.1, 0.15) is 5.70 Å². The van der Waals surface area contributed by atoms with Crippen molar-refractivity contribution in [2.45, 2.75) is 39.8 Å². The van der Waals surface area contributed by atoms with Crippen LogP contribution in [0.2, 0.25) is 5.02 Å². The van der Waals surface area contributed by atoms with Crippen molar-refractivity contribution in [3.63, 3.8) is 0 Å². The quantitative estimate of drug-likeness (QED) is 0.682. The van der Waals surface area contributed by atoms with Gasteiger partial charge in [0.15, 0.2) is 0 Å². The average molecular weight is 382 g/mol. The van der Waals surface area contributed by atoms with E-state index in [0.29, 0.717) is 16.7 Å². The normalized spacial score (nSPS) is 15.8. The number of hydrogen-bond acceptors (Lipinski definition) is 3. The second kappa shape index (κ2) is 7.97. The third-order valence-electron chi connectivity index (χ3n) is 4.37. The molecule has 0 saturated heterocycles. The van der Waals surface area contributed by atoms with Crippen molar-refractivity contribution in [1.82, 2.24) is 4.90 Å². The van der Waals surface area contributed by atoms with Crippen LogP contribution >= 0.6 is 11.6 Å². The average Bonchev–Trinajstić information content (AvgIpc) is 2.92. The molecule has 4 nitrogen and oxygen atoms in total. The number of nitrogens with zero attached hydrogens (tertiary/aromatic N) is 3.